The Morgan fingerprint density at radius 3 is 2.35 bits per heavy atom. The van der Waals surface area contributed by atoms with Crippen molar-refractivity contribution in [3.63, 3.8) is 0 Å². The summed E-state index contributed by atoms with van der Waals surface area (Å²) >= 11 is 0. The van der Waals surface area contributed by atoms with E-state index in [0.29, 0.717) is 0 Å². The Balaban J connectivity index is 3.20. The minimum absolute atomic E-state index is 0.155. The van der Waals surface area contributed by atoms with E-state index in [1.165, 1.54) is 20.2 Å². The first kappa shape index (κ1) is 13.6. The standard InChI is InChI=1S/C12H15F2NO2/c1-12(15-2,7-10(16)17-3)11-8(13)5-4-6-9(11)14/h4-6,15H,7H2,1-3H3. The normalized spacial score (nSPS) is 14.2. The van der Waals surface area contributed by atoms with E-state index < -0.39 is 23.1 Å². The number of rotatable bonds is 4. The highest BCUT2D eigenvalue weighted by Crippen LogP contribution is 2.29. The highest BCUT2D eigenvalue weighted by atomic mass is 19.1. The first-order valence-electron chi connectivity index (χ1n) is 5.15. The molecule has 0 aliphatic rings. The number of carbonyl (C=O) groups excluding carboxylic acids is 1. The third-order valence-corrected chi connectivity index (χ3v) is 2.79. The van der Waals surface area contributed by atoms with Crippen molar-refractivity contribution in [3.8, 4) is 0 Å². The fourth-order valence-corrected chi connectivity index (χ4v) is 1.69. The third-order valence-electron chi connectivity index (χ3n) is 2.79. The van der Waals surface area contributed by atoms with Gasteiger partial charge in [0.2, 0.25) is 0 Å². The molecule has 3 nitrogen and oxygen atoms in total. The smallest absolute Gasteiger partial charge is 0.307 e. The second kappa shape index (κ2) is 5.23. The van der Waals surface area contributed by atoms with Crippen molar-refractivity contribution in [1.29, 1.82) is 0 Å². The first-order chi connectivity index (χ1) is 7.94. The van der Waals surface area contributed by atoms with Crippen LogP contribution in [0.1, 0.15) is 18.9 Å². The molecule has 0 fully saturated rings. The summed E-state index contributed by atoms with van der Waals surface area (Å²) in [6, 6.07) is 3.60. The Morgan fingerprint density at radius 1 is 1.41 bits per heavy atom. The van der Waals surface area contributed by atoms with Crippen molar-refractivity contribution < 1.29 is 18.3 Å². The molecule has 1 atom stereocenters. The van der Waals surface area contributed by atoms with Gasteiger partial charge in [-0.05, 0) is 26.1 Å². The molecule has 0 aliphatic carbocycles. The van der Waals surface area contributed by atoms with Gasteiger partial charge in [0.1, 0.15) is 11.6 Å². The molecule has 0 spiro atoms. The van der Waals surface area contributed by atoms with Crippen molar-refractivity contribution in [3.05, 3.63) is 35.4 Å². The van der Waals surface area contributed by atoms with E-state index in [4.69, 9.17) is 0 Å². The van der Waals surface area contributed by atoms with Crippen LogP contribution in [0.4, 0.5) is 8.78 Å². The maximum atomic E-state index is 13.7. The molecule has 0 heterocycles. The van der Waals surface area contributed by atoms with Crippen molar-refractivity contribution in [2.45, 2.75) is 18.9 Å². The largest absolute Gasteiger partial charge is 0.469 e. The van der Waals surface area contributed by atoms with Crippen LogP contribution >= 0.6 is 0 Å². The molecule has 17 heavy (non-hydrogen) atoms. The number of nitrogens with one attached hydrogen (secondary N) is 1. The van der Waals surface area contributed by atoms with Gasteiger partial charge in [-0.3, -0.25) is 4.79 Å². The third kappa shape index (κ3) is 2.79. The fraction of sp³-hybridized carbons (Fsp3) is 0.417. The molecular formula is C12H15F2NO2. The molecule has 94 valence electrons. The van der Waals surface area contributed by atoms with Crippen LogP contribution in [0.15, 0.2) is 18.2 Å². The van der Waals surface area contributed by atoms with Crippen LogP contribution in [0.2, 0.25) is 0 Å². The van der Waals surface area contributed by atoms with Crippen LogP contribution in [-0.4, -0.2) is 20.1 Å². The minimum atomic E-state index is -1.14. The van der Waals surface area contributed by atoms with Gasteiger partial charge in [0.15, 0.2) is 0 Å². The van der Waals surface area contributed by atoms with Gasteiger partial charge in [-0.2, -0.15) is 0 Å². The number of methoxy groups -OCH3 is 1. The van der Waals surface area contributed by atoms with Crippen molar-refractivity contribution in [2.75, 3.05) is 14.2 Å². The lowest BCUT2D eigenvalue weighted by molar-refractivity contribution is -0.142. The molecular weight excluding hydrogens is 228 g/mol. The number of benzene rings is 1. The van der Waals surface area contributed by atoms with Crippen LogP contribution in [-0.2, 0) is 15.1 Å². The summed E-state index contributed by atoms with van der Waals surface area (Å²) in [4.78, 5) is 11.3. The van der Waals surface area contributed by atoms with Crippen LogP contribution in [0.5, 0.6) is 0 Å². The predicted molar refractivity (Wildman–Crippen MR) is 59.4 cm³/mol. The van der Waals surface area contributed by atoms with Gasteiger partial charge < -0.3 is 10.1 Å². The molecule has 0 saturated carbocycles. The summed E-state index contributed by atoms with van der Waals surface area (Å²) in [6.07, 6.45) is -0.155. The molecule has 0 aliphatic heterocycles. The van der Waals surface area contributed by atoms with E-state index in [1.54, 1.807) is 6.92 Å². The molecule has 1 rings (SSSR count). The zero-order valence-electron chi connectivity index (χ0n) is 10.0. The Kier molecular flexibility index (Phi) is 4.17. The fourth-order valence-electron chi connectivity index (χ4n) is 1.69. The molecule has 0 bridgehead atoms. The highest BCUT2D eigenvalue weighted by Gasteiger charge is 2.33. The zero-order chi connectivity index (χ0) is 13.1. The number of hydrogen-bond acceptors (Lipinski definition) is 3. The van der Waals surface area contributed by atoms with E-state index >= 15 is 0 Å². The van der Waals surface area contributed by atoms with Gasteiger partial charge in [-0.15, -0.1) is 0 Å². The number of esters is 1. The summed E-state index contributed by atoms with van der Waals surface area (Å²) in [7, 11) is 2.77. The van der Waals surface area contributed by atoms with E-state index in [1.807, 2.05) is 0 Å². The number of ether oxygens (including phenoxy) is 1. The summed E-state index contributed by atoms with van der Waals surface area (Å²) in [5.41, 5.74) is -1.30. The predicted octanol–water partition coefficient (Wildman–Crippen LogP) is 1.96. The Labute approximate surface area is 98.8 Å². The monoisotopic (exact) mass is 243 g/mol. The topological polar surface area (TPSA) is 38.3 Å². The molecule has 0 saturated heterocycles. The number of halogens is 2. The lowest BCUT2D eigenvalue weighted by Crippen LogP contribution is -2.41. The van der Waals surface area contributed by atoms with E-state index in [2.05, 4.69) is 10.1 Å². The van der Waals surface area contributed by atoms with E-state index in [9.17, 15) is 13.6 Å². The average molecular weight is 243 g/mol. The van der Waals surface area contributed by atoms with Crippen molar-refractivity contribution >= 4 is 5.97 Å². The molecule has 1 N–H and O–H groups in total. The molecule has 0 amide bonds. The van der Waals surface area contributed by atoms with Gasteiger partial charge in [-0.1, -0.05) is 6.07 Å². The van der Waals surface area contributed by atoms with Gasteiger partial charge in [-0.25, -0.2) is 8.78 Å². The number of carbonyl (C=O) groups is 1. The molecule has 1 aromatic carbocycles. The van der Waals surface area contributed by atoms with Crippen LogP contribution in [0, 0.1) is 11.6 Å². The van der Waals surface area contributed by atoms with E-state index in [-0.39, 0.29) is 12.0 Å². The van der Waals surface area contributed by atoms with Gasteiger partial charge >= 0.3 is 5.97 Å². The number of hydrogen-bond donors (Lipinski definition) is 1. The molecule has 5 heteroatoms. The summed E-state index contributed by atoms with van der Waals surface area (Å²) in [6.45, 7) is 1.55. The zero-order valence-corrected chi connectivity index (χ0v) is 10.0. The van der Waals surface area contributed by atoms with Crippen molar-refractivity contribution in [2.24, 2.45) is 0 Å². The van der Waals surface area contributed by atoms with Crippen LogP contribution in [0.3, 0.4) is 0 Å². The Hall–Kier alpha value is -1.49. The Bertz CT molecular complexity index is 403. The first-order valence-corrected chi connectivity index (χ1v) is 5.15. The van der Waals surface area contributed by atoms with Crippen molar-refractivity contribution in [1.82, 2.24) is 5.32 Å². The highest BCUT2D eigenvalue weighted by molar-refractivity contribution is 5.71. The van der Waals surface area contributed by atoms with Crippen LogP contribution in [0.25, 0.3) is 0 Å². The minimum Gasteiger partial charge on any atom is -0.469 e. The second-order valence-corrected chi connectivity index (χ2v) is 3.93. The van der Waals surface area contributed by atoms with Gasteiger partial charge in [0.05, 0.1) is 19.1 Å². The lowest BCUT2D eigenvalue weighted by Gasteiger charge is -2.29. The van der Waals surface area contributed by atoms with Gasteiger partial charge in [0.25, 0.3) is 0 Å². The summed E-state index contributed by atoms with van der Waals surface area (Å²) in [5, 5.41) is 2.76. The maximum absolute atomic E-state index is 13.7. The maximum Gasteiger partial charge on any atom is 0.307 e. The van der Waals surface area contributed by atoms with Gasteiger partial charge in [0, 0.05) is 5.56 Å². The summed E-state index contributed by atoms with van der Waals surface area (Å²) < 4.78 is 31.8. The molecule has 1 unspecified atom stereocenters. The molecule has 0 aromatic heterocycles. The van der Waals surface area contributed by atoms with E-state index in [0.717, 1.165) is 12.1 Å². The summed E-state index contributed by atoms with van der Waals surface area (Å²) in [5.74, 6) is -1.92. The molecule has 0 radical (unpaired) electrons. The second-order valence-electron chi connectivity index (χ2n) is 3.93. The van der Waals surface area contributed by atoms with Crippen LogP contribution < -0.4 is 5.32 Å². The SMILES string of the molecule is CNC(C)(CC(=O)OC)c1c(F)cccc1F. The quantitative estimate of drug-likeness (QED) is 0.821. The average Bonchev–Trinajstić information content (AvgIpc) is 2.28. The lowest BCUT2D eigenvalue weighted by atomic mass is 9.88. The molecule has 1 aromatic rings. The Morgan fingerprint density at radius 2 is 1.94 bits per heavy atom.